The highest BCUT2D eigenvalue weighted by Gasteiger charge is 2.24. The molecule has 7 heteroatoms. The minimum Gasteiger partial charge on any atom is -0.345 e. The van der Waals surface area contributed by atoms with Crippen molar-refractivity contribution in [1.82, 2.24) is 24.6 Å². The second-order valence-electron chi connectivity index (χ2n) is 8.67. The lowest BCUT2D eigenvalue weighted by Crippen LogP contribution is -2.40. The molecule has 0 N–H and O–H groups in total. The number of nitrogens with zero attached hydrogens (tertiary/aromatic N) is 5. The first-order valence-electron chi connectivity index (χ1n) is 11.3. The molecule has 31 heavy (non-hydrogen) atoms. The van der Waals surface area contributed by atoms with E-state index in [0.29, 0.717) is 31.8 Å². The van der Waals surface area contributed by atoms with Crippen molar-refractivity contribution < 1.29 is 9.59 Å². The molecule has 7 nitrogen and oxygen atoms in total. The van der Waals surface area contributed by atoms with Gasteiger partial charge in [-0.3, -0.25) is 19.3 Å². The van der Waals surface area contributed by atoms with E-state index in [-0.39, 0.29) is 11.8 Å². The lowest BCUT2D eigenvalue weighted by atomic mass is 9.93. The van der Waals surface area contributed by atoms with E-state index in [9.17, 15) is 9.59 Å². The number of aromatic nitrogens is 3. The van der Waals surface area contributed by atoms with Crippen molar-refractivity contribution in [3.8, 4) is 0 Å². The number of likely N-dealkylation sites (tertiary alicyclic amines) is 1. The summed E-state index contributed by atoms with van der Waals surface area (Å²) in [5.74, 6) is 0.763. The number of rotatable bonds is 9. The van der Waals surface area contributed by atoms with Crippen molar-refractivity contribution in [2.45, 2.75) is 58.9 Å². The predicted molar refractivity (Wildman–Crippen MR) is 120 cm³/mol. The van der Waals surface area contributed by atoms with Crippen molar-refractivity contribution in [2.24, 2.45) is 5.92 Å². The van der Waals surface area contributed by atoms with E-state index in [4.69, 9.17) is 0 Å². The first-order valence-corrected chi connectivity index (χ1v) is 11.3. The zero-order valence-electron chi connectivity index (χ0n) is 19.1. The van der Waals surface area contributed by atoms with Crippen molar-refractivity contribution in [3.63, 3.8) is 0 Å². The van der Waals surface area contributed by atoms with Crippen LogP contribution in [-0.2, 0) is 22.6 Å². The molecular weight excluding hydrogens is 390 g/mol. The van der Waals surface area contributed by atoms with Gasteiger partial charge in [0.1, 0.15) is 0 Å². The Labute approximate surface area is 185 Å². The molecule has 0 saturated carbocycles. The summed E-state index contributed by atoms with van der Waals surface area (Å²) in [6, 6.07) is 7.89. The van der Waals surface area contributed by atoms with Gasteiger partial charge in [-0.25, -0.2) is 0 Å². The molecule has 2 aromatic rings. The Morgan fingerprint density at radius 3 is 2.77 bits per heavy atom. The fourth-order valence-corrected chi connectivity index (χ4v) is 4.26. The molecule has 1 saturated heterocycles. The molecule has 0 spiro atoms. The molecule has 0 radical (unpaired) electrons. The van der Waals surface area contributed by atoms with Crippen molar-refractivity contribution >= 4 is 11.8 Å². The predicted octanol–water partition coefficient (Wildman–Crippen LogP) is 3.00. The van der Waals surface area contributed by atoms with Crippen LogP contribution in [-0.4, -0.2) is 63.1 Å². The number of carbonyl (C=O) groups excluding carboxylic acids is 2. The number of likely N-dealkylation sites (N-methyl/N-ethyl adjacent to an activating group) is 1. The average Bonchev–Trinajstić information content (AvgIpc) is 3.11. The molecule has 3 heterocycles. The van der Waals surface area contributed by atoms with Crippen molar-refractivity contribution in [1.29, 1.82) is 0 Å². The van der Waals surface area contributed by atoms with E-state index in [0.717, 1.165) is 55.9 Å². The first kappa shape index (κ1) is 23.0. The van der Waals surface area contributed by atoms with E-state index in [2.05, 4.69) is 10.1 Å². The smallest absolute Gasteiger partial charge is 0.224 e. The number of carbonyl (C=O) groups is 2. The number of hydrogen-bond acceptors (Lipinski definition) is 4. The minimum atomic E-state index is 0.170. The van der Waals surface area contributed by atoms with E-state index in [1.807, 2.05) is 54.7 Å². The third-order valence-electron chi connectivity index (χ3n) is 6.13. The van der Waals surface area contributed by atoms with Crippen molar-refractivity contribution in [2.75, 3.05) is 26.7 Å². The van der Waals surface area contributed by atoms with Gasteiger partial charge in [0.2, 0.25) is 11.8 Å². The highest BCUT2D eigenvalue weighted by atomic mass is 16.2. The number of hydrogen-bond donors (Lipinski definition) is 0. The molecule has 0 aliphatic carbocycles. The highest BCUT2D eigenvalue weighted by Crippen LogP contribution is 2.22. The molecule has 1 atom stereocenters. The SMILES string of the molecule is Cc1cc(C)n(CCC(=O)N2CCCC(CCC(=O)N(C)CCc3ccccn3)C2)n1. The summed E-state index contributed by atoms with van der Waals surface area (Å²) in [7, 11) is 1.86. The Balaban J connectivity index is 1.39. The second kappa shape index (κ2) is 11.1. The van der Waals surface area contributed by atoms with Gasteiger partial charge in [-0.05, 0) is 57.2 Å². The van der Waals surface area contributed by atoms with Gasteiger partial charge in [0, 0.05) is 70.1 Å². The van der Waals surface area contributed by atoms with E-state index < -0.39 is 0 Å². The van der Waals surface area contributed by atoms with Gasteiger partial charge in [0.15, 0.2) is 0 Å². The van der Waals surface area contributed by atoms with Crippen molar-refractivity contribution in [3.05, 3.63) is 47.5 Å². The molecular formula is C24H35N5O2. The Bertz CT molecular complexity index is 864. The summed E-state index contributed by atoms with van der Waals surface area (Å²) in [5.41, 5.74) is 3.08. The number of pyridine rings is 1. The molecule has 168 valence electrons. The van der Waals surface area contributed by atoms with Crippen LogP contribution >= 0.6 is 0 Å². The summed E-state index contributed by atoms with van der Waals surface area (Å²) in [6.07, 6.45) is 6.51. The van der Waals surface area contributed by atoms with Crippen LogP contribution in [0.25, 0.3) is 0 Å². The average molecular weight is 426 g/mol. The Morgan fingerprint density at radius 1 is 1.23 bits per heavy atom. The molecule has 2 amide bonds. The molecule has 1 fully saturated rings. The Morgan fingerprint density at radius 2 is 2.06 bits per heavy atom. The number of piperidine rings is 1. The van der Waals surface area contributed by atoms with Gasteiger partial charge in [-0.15, -0.1) is 0 Å². The molecule has 0 aromatic carbocycles. The van der Waals surface area contributed by atoms with Gasteiger partial charge in [-0.2, -0.15) is 5.10 Å². The molecule has 3 rings (SSSR count). The molecule has 1 aliphatic heterocycles. The van der Waals surface area contributed by atoms with Crippen LogP contribution < -0.4 is 0 Å². The molecule has 1 aliphatic rings. The maximum Gasteiger partial charge on any atom is 0.224 e. The van der Waals surface area contributed by atoms with E-state index in [1.54, 1.807) is 11.1 Å². The van der Waals surface area contributed by atoms with Crippen LogP contribution in [0.15, 0.2) is 30.5 Å². The zero-order chi connectivity index (χ0) is 22.2. The third kappa shape index (κ3) is 6.91. The van der Waals surface area contributed by atoms with E-state index in [1.165, 1.54) is 0 Å². The third-order valence-corrected chi connectivity index (χ3v) is 6.13. The summed E-state index contributed by atoms with van der Waals surface area (Å²) in [4.78, 5) is 33.3. The van der Waals surface area contributed by atoms with Crippen LogP contribution in [0.2, 0.25) is 0 Å². The van der Waals surface area contributed by atoms with Gasteiger partial charge in [0.25, 0.3) is 0 Å². The fourth-order valence-electron chi connectivity index (χ4n) is 4.26. The van der Waals surface area contributed by atoms with Gasteiger partial charge < -0.3 is 9.80 Å². The highest BCUT2D eigenvalue weighted by molar-refractivity contribution is 5.76. The topological polar surface area (TPSA) is 71.3 Å². The van der Waals surface area contributed by atoms with Crippen LogP contribution in [0.4, 0.5) is 0 Å². The standard InChI is InChI=1S/C24H35N5O2/c1-19-17-20(2)29(26-19)16-12-24(31)28-14-6-7-21(18-28)9-10-23(30)27(3)15-11-22-8-4-5-13-25-22/h4-5,8,13,17,21H,6-7,9-12,14-16,18H2,1-3H3. The van der Waals surface area contributed by atoms with Crippen LogP contribution in [0.5, 0.6) is 0 Å². The first-order chi connectivity index (χ1) is 14.9. The molecule has 1 unspecified atom stereocenters. The monoisotopic (exact) mass is 425 g/mol. The molecule has 0 bridgehead atoms. The maximum atomic E-state index is 12.7. The zero-order valence-corrected chi connectivity index (χ0v) is 19.1. The Hall–Kier alpha value is -2.70. The lowest BCUT2D eigenvalue weighted by molar-refractivity contribution is -0.133. The quantitative estimate of drug-likeness (QED) is 0.619. The van der Waals surface area contributed by atoms with Gasteiger partial charge >= 0.3 is 0 Å². The fraction of sp³-hybridized carbons (Fsp3) is 0.583. The number of aryl methyl sites for hydroxylation is 3. The number of amides is 2. The van der Waals surface area contributed by atoms with Gasteiger partial charge in [0.05, 0.1) is 5.69 Å². The lowest BCUT2D eigenvalue weighted by Gasteiger charge is -2.33. The second-order valence-corrected chi connectivity index (χ2v) is 8.67. The van der Waals surface area contributed by atoms with Crippen LogP contribution in [0, 0.1) is 19.8 Å². The Kier molecular flexibility index (Phi) is 8.20. The maximum absolute atomic E-state index is 12.7. The largest absolute Gasteiger partial charge is 0.345 e. The van der Waals surface area contributed by atoms with E-state index >= 15 is 0 Å². The summed E-state index contributed by atoms with van der Waals surface area (Å²) in [5, 5.41) is 4.44. The minimum absolute atomic E-state index is 0.170. The molecule has 2 aromatic heterocycles. The summed E-state index contributed by atoms with van der Waals surface area (Å²) < 4.78 is 1.91. The van der Waals surface area contributed by atoms with Gasteiger partial charge in [-0.1, -0.05) is 6.07 Å². The summed E-state index contributed by atoms with van der Waals surface area (Å²) >= 11 is 0. The van der Waals surface area contributed by atoms with Crippen LogP contribution in [0.1, 0.15) is 49.2 Å². The van der Waals surface area contributed by atoms with Crippen LogP contribution in [0.3, 0.4) is 0 Å². The normalized spacial score (nSPS) is 16.4. The summed E-state index contributed by atoms with van der Waals surface area (Å²) in [6.45, 7) is 6.88.